The first kappa shape index (κ1) is 15.9. The molecule has 6 nitrogen and oxygen atoms in total. The average Bonchev–Trinajstić information content (AvgIpc) is 2.94. The molecule has 0 aromatic carbocycles. The summed E-state index contributed by atoms with van der Waals surface area (Å²) in [6.45, 7) is 0. The van der Waals surface area contributed by atoms with Crippen LogP contribution >= 0.6 is 11.3 Å². The minimum atomic E-state index is -3.15. The van der Waals surface area contributed by atoms with Crippen LogP contribution in [0.2, 0.25) is 0 Å². The molecule has 1 aliphatic rings. The van der Waals surface area contributed by atoms with Gasteiger partial charge in [0.15, 0.2) is 0 Å². The van der Waals surface area contributed by atoms with Crippen molar-refractivity contribution in [3.05, 3.63) is 16.0 Å². The Bertz CT molecular complexity index is 701. The van der Waals surface area contributed by atoms with Crippen LogP contribution in [0, 0.1) is 11.3 Å². The molecule has 1 unspecified atom stereocenters. The van der Waals surface area contributed by atoms with E-state index in [4.69, 9.17) is 5.73 Å². The van der Waals surface area contributed by atoms with E-state index in [1.165, 1.54) is 11.3 Å². The topological polar surface area (TPSA) is 113 Å². The summed E-state index contributed by atoms with van der Waals surface area (Å²) >= 11 is 1.41. The molecule has 114 valence electrons. The minimum absolute atomic E-state index is 0.0671. The molecule has 0 saturated carbocycles. The number of anilines is 1. The summed E-state index contributed by atoms with van der Waals surface area (Å²) in [5, 5.41) is 12.4. The first-order chi connectivity index (χ1) is 9.81. The highest BCUT2D eigenvalue weighted by molar-refractivity contribution is 7.90. The van der Waals surface area contributed by atoms with Gasteiger partial charge in [0, 0.05) is 11.1 Å². The highest BCUT2D eigenvalue weighted by atomic mass is 32.2. The van der Waals surface area contributed by atoms with E-state index in [0.29, 0.717) is 10.6 Å². The van der Waals surface area contributed by atoms with Crippen molar-refractivity contribution < 1.29 is 13.2 Å². The zero-order valence-corrected chi connectivity index (χ0v) is 13.3. The van der Waals surface area contributed by atoms with Gasteiger partial charge in [-0.25, -0.2) is 8.42 Å². The maximum absolute atomic E-state index is 12.0. The van der Waals surface area contributed by atoms with E-state index in [-0.39, 0.29) is 12.2 Å². The Morgan fingerprint density at radius 2 is 2.24 bits per heavy atom. The summed E-state index contributed by atoms with van der Waals surface area (Å²) in [6.07, 6.45) is 4.01. The number of fused-ring (bicyclic) bond motifs is 1. The van der Waals surface area contributed by atoms with Gasteiger partial charge in [0.25, 0.3) is 0 Å². The standard InChI is InChI=1S/C13H17N3O3S2/c1-21(18,19)6-5-10(15)12(17)16-13-9(7-14)8-3-2-4-11(8)20-13/h10H,2-6,15H2,1H3,(H,16,17). The van der Waals surface area contributed by atoms with Crippen molar-refractivity contribution in [3.8, 4) is 6.07 Å². The summed E-state index contributed by atoms with van der Waals surface area (Å²) in [7, 11) is -3.15. The number of nitrogens with zero attached hydrogens (tertiary/aromatic N) is 1. The second-order valence-corrected chi connectivity index (χ2v) is 8.55. The number of nitrogens with one attached hydrogen (secondary N) is 1. The molecular formula is C13H17N3O3S2. The number of amides is 1. The predicted octanol–water partition coefficient (Wildman–Crippen LogP) is 0.809. The number of rotatable bonds is 5. The third kappa shape index (κ3) is 3.81. The summed E-state index contributed by atoms with van der Waals surface area (Å²) in [6, 6.07) is 1.24. The molecule has 0 bridgehead atoms. The molecule has 8 heteroatoms. The molecule has 1 aliphatic carbocycles. The zero-order chi connectivity index (χ0) is 15.6. The van der Waals surface area contributed by atoms with E-state index < -0.39 is 21.8 Å². The van der Waals surface area contributed by atoms with Crippen LogP contribution in [0.3, 0.4) is 0 Å². The molecule has 0 radical (unpaired) electrons. The van der Waals surface area contributed by atoms with Gasteiger partial charge in [0.05, 0.1) is 17.4 Å². The lowest BCUT2D eigenvalue weighted by Crippen LogP contribution is -2.37. The first-order valence-electron chi connectivity index (χ1n) is 6.60. The lowest BCUT2D eigenvalue weighted by atomic mass is 10.1. The second-order valence-electron chi connectivity index (χ2n) is 5.19. The molecule has 1 heterocycles. The van der Waals surface area contributed by atoms with Gasteiger partial charge >= 0.3 is 0 Å². The van der Waals surface area contributed by atoms with Gasteiger partial charge in [-0.3, -0.25) is 4.79 Å². The SMILES string of the molecule is CS(=O)(=O)CCC(N)C(=O)Nc1sc2c(c1C#N)CCC2. The third-order valence-electron chi connectivity index (χ3n) is 3.41. The quantitative estimate of drug-likeness (QED) is 0.831. The molecule has 21 heavy (non-hydrogen) atoms. The van der Waals surface area contributed by atoms with Crippen molar-refractivity contribution in [1.82, 2.24) is 0 Å². The molecule has 0 aliphatic heterocycles. The Labute approximate surface area is 127 Å². The summed E-state index contributed by atoms with van der Waals surface area (Å²) in [4.78, 5) is 13.1. The van der Waals surface area contributed by atoms with Crippen LogP contribution in [-0.4, -0.2) is 32.4 Å². The molecular weight excluding hydrogens is 310 g/mol. The lowest BCUT2D eigenvalue weighted by molar-refractivity contribution is -0.117. The number of nitriles is 1. The van der Waals surface area contributed by atoms with Crippen LogP contribution in [0.15, 0.2) is 0 Å². The van der Waals surface area contributed by atoms with Crippen molar-refractivity contribution in [2.75, 3.05) is 17.3 Å². The Kier molecular flexibility index (Phi) is 4.66. The number of sulfone groups is 1. The average molecular weight is 327 g/mol. The fourth-order valence-electron chi connectivity index (χ4n) is 2.29. The highest BCUT2D eigenvalue weighted by Crippen LogP contribution is 2.38. The van der Waals surface area contributed by atoms with Crippen molar-refractivity contribution >= 4 is 32.1 Å². The number of thiophene rings is 1. The molecule has 3 N–H and O–H groups in total. The smallest absolute Gasteiger partial charge is 0.241 e. The lowest BCUT2D eigenvalue weighted by Gasteiger charge is -2.11. The maximum atomic E-state index is 12.0. The van der Waals surface area contributed by atoms with Gasteiger partial charge in [-0.2, -0.15) is 5.26 Å². The van der Waals surface area contributed by atoms with Crippen LogP contribution < -0.4 is 11.1 Å². The minimum Gasteiger partial charge on any atom is -0.320 e. The molecule has 0 saturated heterocycles. The Hall–Kier alpha value is -1.43. The molecule has 1 atom stereocenters. The number of hydrogen-bond acceptors (Lipinski definition) is 6. The van der Waals surface area contributed by atoms with Crippen molar-refractivity contribution in [3.63, 3.8) is 0 Å². The zero-order valence-electron chi connectivity index (χ0n) is 11.7. The van der Waals surface area contributed by atoms with Gasteiger partial charge in [-0.15, -0.1) is 11.3 Å². The first-order valence-corrected chi connectivity index (χ1v) is 9.48. The van der Waals surface area contributed by atoms with Crippen LogP contribution in [0.1, 0.15) is 28.8 Å². The molecule has 0 fully saturated rings. The van der Waals surface area contributed by atoms with Crippen LogP contribution in [0.25, 0.3) is 0 Å². The Balaban J connectivity index is 2.05. The Morgan fingerprint density at radius 3 is 2.86 bits per heavy atom. The number of aryl methyl sites for hydroxylation is 1. The number of carbonyl (C=O) groups excluding carboxylic acids is 1. The Morgan fingerprint density at radius 1 is 1.52 bits per heavy atom. The molecule has 0 spiro atoms. The van der Waals surface area contributed by atoms with E-state index in [0.717, 1.165) is 36.0 Å². The maximum Gasteiger partial charge on any atom is 0.241 e. The number of nitrogens with two attached hydrogens (primary N) is 1. The number of carbonyl (C=O) groups is 1. The van der Waals surface area contributed by atoms with Crippen LogP contribution in [-0.2, 0) is 27.5 Å². The highest BCUT2D eigenvalue weighted by Gasteiger charge is 2.24. The number of hydrogen-bond donors (Lipinski definition) is 2. The fourth-order valence-corrected chi connectivity index (χ4v) is 4.21. The van der Waals surface area contributed by atoms with E-state index >= 15 is 0 Å². The third-order valence-corrected chi connectivity index (χ3v) is 5.59. The molecule has 1 aromatic rings. The monoisotopic (exact) mass is 327 g/mol. The van der Waals surface area contributed by atoms with E-state index in [1.54, 1.807) is 0 Å². The second kappa shape index (κ2) is 6.13. The van der Waals surface area contributed by atoms with Crippen molar-refractivity contribution in [2.45, 2.75) is 31.7 Å². The van der Waals surface area contributed by atoms with Crippen molar-refractivity contribution in [2.24, 2.45) is 5.73 Å². The molecule has 2 rings (SSSR count). The van der Waals surface area contributed by atoms with Crippen LogP contribution in [0.4, 0.5) is 5.00 Å². The summed E-state index contributed by atoms with van der Waals surface area (Å²) in [5.41, 5.74) is 7.25. The van der Waals surface area contributed by atoms with E-state index in [1.807, 2.05) is 0 Å². The van der Waals surface area contributed by atoms with Crippen LogP contribution in [0.5, 0.6) is 0 Å². The largest absolute Gasteiger partial charge is 0.320 e. The van der Waals surface area contributed by atoms with Gasteiger partial charge < -0.3 is 11.1 Å². The summed E-state index contributed by atoms with van der Waals surface area (Å²) < 4.78 is 22.2. The molecule has 1 aromatic heterocycles. The summed E-state index contributed by atoms with van der Waals surface area (Å²) in [5.74, 6) is -0.580. The van der Waals surface area contributed by atoms with E-state index in [2.05, 4.69) is 11.4 Å². The van der Waals surface area contributed by atoms with Crippen molar-refractivity contribution in [1.29, 1.82) is 5.26 Å². The van der Waals surface area contributed by atoms with Gasteiger partial charge in [0.2, 0.25) is 5.91 Å². The van der Waals surface area contributed by atoms with E-state index in [9.17, 15) is 18.5 Å². The predicted molar refractivity (Wildman–Crippen MR) is 82.0 cm³/mol. The van der Waals surface area contributed by atoms with Gasteiger partial charge in [-0.05, 0) is 31.2 Å². The van der Waals surface area contributed by atoms with Gasteiger partial charge in [0.1, 0.15) is 20.9 Å². The fraction of sp³-hybridized carbons (Fsp3) is 0.538. The normalized spacial score (nSPS) is 15.3. The molecule has 1 amide bonds. The van der Waals surface area contributed by atoms with Gasteiger partial charge in [-0.1, -0.05) is 0 Å².